The van der Waals surface area contributed by atoms with E-state index in [9.17, 15) is 9.59 Å². The summed E-state index contributed by atoms with van der Waals surface area (Å²) >= 11 is 3.52. The van der Waals surface area contributed by atoms with Crippen molar-refractivity contribution in [3.63, 3.8) is 0 Å². The van der Waals surface area contributed by atoms with E-state index in [1.807, 2.05) is 39.0 Å². The zero-order valence-corrected chi connectivity index (χ0v) is 17.0. The quantitative estimate of drug-likeness (QED) is 0.677. The zero-order valence-electron chi connectivity index (χ0n) is 15.5. The van der Waals surface area contributed by atoms with E-state index < -0.39 is 11.7 Å². The second-order valence-corrected chi connectivity index (χ2v) is 7.92. The molecular formula is C19H25BrN2O4. The van der Waals surface area contributed by atoms with E-state index in [0.717, 1.165) is 15.8 Å². The predicted octanol–water partition coefficient (Wildman–Crippen LogP) is 3.59. The van der Waals surface area contributed by atoms with Crippen LogP contribution in [0.15, 0.2) is 35.3 Å². The summed E-state index contributed by atoms with van der Waals surface area (Å²) in [7, 11) is 0. The molecule has 142 valence electrons. The second-order valence-electron chi connectivity index (χ2n) is 7.07. The Morgan fingerprint density at radius 1 is 1.35 bits per heavy atom. The molecule has 1 aromatic carbocycles. The zero-order chi connectivity index (χ0) is 19.3. The van der Waals surface area contributed by atoms with Gasteiger partial charge >= 0.3 is 6.09 Å². The Morgan fingerprint density at radius 2 is 2.08 bits per heavy atom. The van der Waals surface area contributed by atoms with Gasteiger partial charge in [-0.25, -0.2) is 4.79 Å². The Bertz CT molecular complexity index is 685. The summed E-state index contributed by atoms with van der Waals surface area (Å²) < 4.78 is 11.8. The van der Waals surface area contributed by atoms with Crippen molar-refractivity contribution in [2.24, 2.45) is 0 Å². The van der Waals surface area contributed by atoms with Crippen LogP contribution < -0.4 is 4.74 Å². The number of rotatable bonds is 5. The number of carbonyl (C=O) groups is 2. The lowest BCUT2D eigenvalue weighted by molar-refractivity contribution is -0.136. The Hall–Kier alpha value is -2.02. The van der Waals surface area contributed by atoms with Crippen molar-refractivity contribution in [3.05, 3.63) is 40.9 Å². The highest BCUT2D eigenvalue weighted by molar-refractivity contribution is 9.10. The van der Waals surface area contributed by atoms with Crippen molar-refractivity contribution < 1.29 is 19.1 Å². The molecule has 26 heavy (non-hydrogen) atoms. The van der Waals surface area contributed by atoms with Gasteiger partial charge in [0.2, 0.25) is 5.91 Å². The SMILES string of the molecule is C=CCOc1ccc(Br)c(CN2CCN(C(=O)OC(C)(C)C)CC2=O)c1. The summed E-state index contributed by atoms with van der Waals surface area (Å²) in [5.74, 6) is 0.620. The molecule has 1 saturated heterocycles. The van der Waals surface area contributed by atoms with Crippen molar-refractivity contribution in [1.82, 2.24) is 9.80 Å². The fourth-order valence-corrected chi connectivity index (χ4v) is 2.85. The largest absolute Gasteiger partial charge is 0.490 e. The molecule has 0 spiro atoms. The summed E-state index contributed by atoms with van der Waals surface area (Å²) in [5, 5.41) is 0. The van der Waals surface area contributed by atoms with Crippen LogP contribution >= 0.6 is 15.9 Å². The van der Waals surface area contributed by atoms with Gasteiger partial charge in [-0.3, -0.25) is 9.69 Å². The summed E-state index contributed by atoms with van der Waals surface area (Å²) in [5.41, 5.74) is 0.374. The van der Waals surface area contributed by atoms with E-state index in [1.54, 1.807) is 11.0 Å². The van der Waals surface area contributed by atoms with E-state index in [0.29, 0.717) is 26.2 Å². The van der Waals surface area contributed by atoms with E-state index in [1.165, 1.54) is 4.90 Å². The molecule has 2 amide bonds. The summed E-state index contributed by atoms with van der Waals surface area (Å²) in [4.78, 5) is 27.8. The molecule has 1 aromatic rings. The molecular weight excluding hydrogens is 400 g/mol. The molecule has 1 aliphatic heterocycles. The lowest BCUT2D eigenvalue weighted by Gasteiger charge is -2.35. The number of amides is 2. The van der Waals surface area contributed by atoms with Crippen molar-refractivity contribution in [1.29, 1.82) is 0 Å². The first kappa shape index (κ1) is 20.3. The monoisotopic (exact) mass is 424 g/mol. The number of carbonyl (C=O) groups excluding carboxylic acids is 2. The standard InChI is InChI=1S/C19H25BrN2O4/c1-5-10-25-15-6-7-16(20)14(11-15)12-21-8-9-22(13-17(21)23)18(24)26-19(2,3)4/h5-7,11H,1,8-10,12-13H2,2-4H3. The normalized spacial score (nSPS) is 15.0. The number of halogens is 1. The first-order valence-electron chi connectivity index (χ1n) is 8.47. The van der Waals surface area contributed by atoms with Crippen LogP contribution in [-0.2, 0) is 16.1 Å². The topological polar surface area (TPSA) is 59.1 Å². The van der Waals surface area contributed by atoms with Gasteiger partial charge < -0.3 is 14.4 Å². The maximum atomic E-state index is 12.5. The molecule has 0 aromatic heterocycles. The molecule has 1 heterocycles. The number of ether oxygens (including phenoxy) is 2. The maximum Gasteiger partial charge on any atom is 0.410 e. The van der Waals surface area contributed by atoms with Gasteiger partial charge in [0.25, 0.3) is 0 Å². The van der Waals surface area contributed by atoms with E-state index >= 15 is 0 Å². The van der Waals surface area contributed by atoms with E-state index in [2.05, 4.69) is 22.5 Å². The van der Waals surface area contributed by atoms with Crippen LogP contribution in [0.25, 0.3) is 0 Å². The molecule has 0 saturated carbocycles. The van der Waals surface area contributed by atoms with Crippen LogP contribution in [-0.4, -0.2) is 53.6 Å². The van der Waals surface area contributed by atoms with Crippen LogP contribution in [0.5, 0.6) is 5.75 Å². The van der Waals surface area contributed by atoms with Gasteiger partial charge in [0, 0.05) is 24.1 Å². The third-order valence-electron chi connectivity index (χ3n) is 3.72. The van der Waals surface area contributed by atoms with Crippen LogP contribution in [0.4, 0.5) is 4.79 Å². The third kappa shape index (κ3) is 5.76. The van der Waals surface area contributed by atoms with Crippen molar-refractivity contribution in [2.45, 2.75) is 32.9 Å². The molecule has 1 fully saturated rings. The van der Waals surface area contributed by atoms with Gasteiger partial charge in [-0.1, -0.05) is 28.6 Å². The highest BCUT2D eigenvalue weighted by atomic mass is 79.9. The second kappa shape index (κ2) is 8.58. The smallest absolute Gasteiger partial charge is 0.410 e. The molecule has 0 aliphatic carbocycles. The van der Waals surface area contributed by atoms with Crippen LogP contribution in [0.3, 0.4) is 0 Å². The van der Waals surface area contributed by atoms with Crippen molar-refractivity contribution >= 4 is 27.9 Å². The maximum absolute atomic E-state index is 12.5. The highest BCUT2D eigenvalue weighted by Crippen LogP contribution is 2.25. The Kier molecular flexibility index (Phi) is 6.69. The van der Waals surface area contributed by atoms with Gasteiger partial charge in [-0.2, -0.15) is 0 Å². The minimum atomic E-state index is -0.575. The number of hydrogen-bond acceptors (Lipinski definition) is 4. The van der Waals surface area contributed by atoms with Gasteiger partial charge in [0.15, 0.2) is 0 Å². The summed E-state index contributed by atoms with van der Waals surface area (Å²) in [6, 6.07) is 5.66. The number of benzene rings is 1. The van der Waals surface area contributed by atoms with E-state index in [-0.39, 0.29) is 12.5 Å². The third-order valence-corrected chi connectivity index (χ3v) is 4.49. The van der Waals surface area contributed by atoms with Crippen LogP contribution in [0.1, 0.15) is 26.3 Å². The van der Waals surface area contributed by atoms with Crippen molar-refractivity contribution in [3.8, 4) is 5.75 Å². The minimum absolute atomic E-state index is 0.0270. The van der Waals surface area contributed by atoms with Gasteiger partial charge in [-0.15, -0.1) is 0 Å². The van der Waals surface area contributed by atoms with Gasteiger partial charge in [0.05, 0.1) is 0 Å². The molecule has 6 nitrogen and oxygen atoms in total. The fourth-order valence-electron chi connectivity index (χ4n) is 2.48. The summed E-state index contributed by atoms with van der Waals surface area (Å²) in [6.07, 6.45) is 1.23. The van der Waals surface area contributed by atoms with Crippen LogP contribution in [0, 0.1) is 0 Å². The predicted molar refractivity (Wildman–Crippen MR) is 103 cm³/mol. The highest BCUT2D eigenvalue weighted by Gasteiger charge is 2.30. The number of hydrogen-bond donors (Lipinski definition) is 0. The summed E-state index contributed by atoms with van der Waals surface area (Å²) in [6.45, 7) is 10.9. The lowest BCUT2D eigenvalue weighted by Crippen LogP contribution is -2.52. The molecule has 2 rings (SSSR count). The molecule has 0 atom stereocenters. The number of piperazine rings is 1. The molecule has 0 unspecified atom stereocenters. The lowest BCUT2D eigenvalue weighted by atomic mass is 10.2. The molecule has 7 heteroatoms. The first-order chi connectivity index (χ1) is 12.2. The van der Waals surface area contributed by atoms with Gasteiger partial charge in [0.1, 0.15) is 24.5 Å². The molecule has 0 N–H and O–H groups in total. The van der Waals surface area contributed by atoms with Crippen LogP contribution in [0.2, 0.25) is 0 Å². The van der Waals surface area contributed by atoms with Gasteiger partial charge in [-0.05, 0) is 44.5 Å². The Balaban J connectivity index is 1.99. The molecule has 0 radical (unpaired) electrons. The Morgan fingerprint density at radius 3 is 2.69 bits per heavy atom. The first-order valence-corrected chi connectivity index (χ1v) is 9.27. The van der Waals surface area contributed by atoms with E-state index in [4.69, 9.17) is 9.47 Å². The molecule has 1 aliphatic rings. The fraction of sp³-hybridized carbons (Fsp3) is 0.474. The average molecular weight is 425 g/mol. The Labute approximate surface area is 162 Å². The molecule has 0 bridgehead atoms. The number of nitrogens with zero attached hydrogens (tertiary/aromatic N) is 2. The minimum Gasteiger partial charge on any atom is -0.490 e. The van der Waals surface area contributed by atoms with Crippen molar-refractivity contribution in [2.75, 3.05) is 26.2 Å². The average Bonchev–Trinajstić information content (AvgIpc) is 2.55.